The van der Waals surface area contributed by atoms with E-state index in [1.54, 1.807) is 0 Å². The third-order valence-electron chi connectivity index (χ3n) is 2.97. The highest BCUT2D eigenvalue weighted by molar-refractivity contribution is 9.10. The van der Waals surface area contributed by atoms with Crippen molar-refractivity contribution in [3.8, 4) is 0 Å². The van der Waals surface area contributed by atoms with Crippen LogP contribution >= 0.6 is 27.5 Å². The number of benzene rings is 1. The molecule has 1 fully saturated rings. The number of anilines is 1. The standard InChI is InChI=1S/C12H16BrClN2/c13-10-1-2-12(11(14)7-10)16-8-9-3-5-15-6-4-9/h1-2,7,9,15-16H,3-6,8H2. The lowest BCUT2D eigenvalue weighted by molar-refractivity contribution is 0.390. The Hall–Kier alpha value is -0.250. The van der Waals surface area contributed by atoms with Gasteiger partial charge in [-0.3, -0.25) is 0 Å². The predicted molar refractivity (Wildman–Crippen MR) is 73.2 cm³/mol. The number of hydrogen-bond acceptors (Lipinski definition) is 2. The van der Waals surface area contributed by atoms with Crippen LogP contribution in [0, 0.1) is 5.92 Å². The summed E-state index contributed by atoms with van der Waals surface area (Å²) >= 11 is 9.55. The molecule has 1 aromatic rings. The fourth-order valence-electron chi connectivity index (χ4n) is 1.97. The van der Waals surface area contributed by atoms with E-state index >= 15 is 0 Å². The minimum atomic E-state index is 0.765. The van der Waals surface area contributed by atoms with Gasteiger partial charge in [0.25, 0.3) is 0 Å². The topological polar surface area (TPSA) is 24.1 Å². The third-order valence-corrected chi connectivity index (χ3v) is 3.78. The molecule has 0 amide bonds. The largest absolute Gasteiger partial charge is 0.384 e. The van der Waals surface area contributed by atoms with Gasteiger partial charge < -0.3 is 10.6 Å². The van der Waals surface area contributed by atoms with Crippen molar-refractivity contribution in [3.05, 3.63) is 27.7 Å². The summed E-state index contributed by atoms with van der Waals surface area (Å²) in [5.74, 6) is 0.765. The van der Waals surface area contributed by atoms with Gasteiger partial charge in [-0.05, 0) is 50.0 Å². The number of piperidine rings is 1. The van der Waals surface area contributed by atoms with Crippen molar-refractivity contribution in [3.63, 3.8) is 0 Å². The van der Waals surface area contributed by atoms with Crippen LogP contribution < -0.4 is 10.6 Å². The highest BCUT2D eigenvalue weighted by Crippen LogP contribution is 2.26. The van der Waals surface area contributed by atoms with E-state index in [1.807, 2.05) is 18.2 Å². The molecule has 2 N–H and O–H groups in total. The van der Waals surface area contributed by atoms with Crippen molar-refractivity contribution in [1.29, 1.82) is 0 Å². The Balaban J connectivity index is 1.88. The van der Waals surface area contributed by atoms with Gasteiger partial charge in [0.05, 0.1) is 10.7 Å². The fraction of sp³-hybridized carbons (Fsp3) is 0.500. The summed E-state index contributed by atoms with van der Waals surface area (Å²) in [7, 11) is 0. The number of rotatable bonds is 3. The van der Waals surface area contributed by atoms with E-state index in [0.717, 1.165) is 40.7 Å². The summed E-state index contributed by atoms with van der Waals surface area (Å²) in [6.07, 6.45) is 2.50. The molecule has 0 spiro atoms. The maximum Gasteiger partial charge on any atom is 0.0648 e. The zero-order chi connectivity index (χ0) is 11.4. The smallest absolute Gasteiger partial charge is 0.0648 e. The van der Waals surface area contributed by atoms with Crippen molar-refractivity contribution in [2.24, 2.45) is 5.92 Å². The lowest BCUT2D eigenvalue weighted by Crippen LogP contribution is -2.31. The highest BCUT2D eigenvalue weighted by atomic mass is 79.9. The second-order valence-corrected chi connectivity index (χ2v) is 5.52. The van der Waals surface area contributed by atoms with Crippen molar-refractivity contribution < 1.29 is 0 Å². The Morgan fingerprint density at radius 3 is 2.81 bits per heavy atom. The first-order chi connectivity index (χ1) is 7.75. The summed E-state index contributed by atoms with van der Waals surface area (Å²) in [5.41, 5.74) is 1.03. The first-order valence-corrected chi connectivity index (χ1v) is 6.82. The van der Waals surface area contributed by atoms with Crippen LogP contribution in [0.25, 0.3) is 0 Å². The molecular formula is C12H16BrClN2. The molecule has 0 bridgehead atoms. The molecule has 0 saturated carbocycles. The van der Waals surface area contributed by atoms with E-state index in [9.17, 15) is 0 Å². The molecular weight excluding hydrogens is 288 g/mol. The summed E-state index contributed by atoms with van der Waals surface area (Å²) in [5, 5.41) is 7.58. The van der Waals surface area contributed by atoms with Crippen molar-refractivity contribution >= 4 is 33.2 Å². The van der Waals surface area contributed by atoms with Gasteiger partial charge in [0.2, 0.25) is 0 Å². The summed E-state index contributed by atoms with van der Waals surface area (Å²) in [4.78, 5) is 0. The molecule has 2 nitrogen and oxygen atoms in total. The molecule has 0 aliphatic carbocycles. The molecule has 2 rings (SSSR count). The summed E-state index contributed by atoms with van der Waals surface area (Å²) < 4.78 is 1.02. The van der Waals surface area contributed by atoms with Crippen molar-refractivity contribution in [1.82, 2.24) is 5.32 Å². The second kappa shape index (κ2) is 5.89. The minimum Gasteiger partial charge on any atom is -0.384 e. The van der Waals surface area contributed by atoms with Gasteiger partial charge >= 0.3 is 0 Å². The van der Waals surface area contributed by atoms with Crippen LogP contribution in [0.2, 0.25) is 5.02 Å². The lowest BCUT2D eigenvalue weighted by atomic mass is 9.98. The van der Waals surface area contributed by atoms with Crippen LogP contribution in [0.3, 0.4) is 0 Å². The van der Waals surface area contributed by atoms with Gasteiger partial charge in [-0.15, -0.1) is 0 Å². The Labute approximate surface area is 110 Å². The van der Waals surface area contributed by atoms with E-state index in [2.05, 4.69) is 26.6 Å². The van der Waals surface area contributed by atoms with Gasteiger partial charge in [-0.25, -0.2) is 0 Å². The molecule has 88 valence electrons. The average molecular weight is 304 g/mol. The van der Waals surface area contributed by atoms with Crippen LogP contribution in [-0.4, -0.2) is 19.6 Å². The molecule has 4 heteroatoms. The second-order valence-electron chi connectivity index (χ2n) is 4.20. The van der Waals surface area contributed by atoms with Gasteiger partial charge in [0.15, 0.2) is 0 Å². The van der Waals surface area contributed by atoms with Crippen LogP contribution in [0.4, 0.5) is 5.69 Å². The Bertz CT molecular complexity index is 351. The predicted octanol–water partition coefficient (Wildman–Crippen LogP) is 3.51. The molecule has 1 saturated heterocycles. The maximum atomic E-state index is 6.14. The fourth-order valence-corrected chi connectivity index (χ4v) is 2.71. The number of hydrogen-bond donors (Lipinski definition) is 2. The molecule has 1 aliphatic rings. The molecule has 0 unspecified atom stereocenters. The molecule has 1 heterocycles. The third kappa shape index (κ3) is 3.37. The summed E-state index contributed by atoms with van der Waals surface area (Å²) in [6.45, 7) is 3.30. The average Bonchev–Trinajstić information content (AvgIpc) is 2.29. The maximum absolute atomic E-state index is 6.14. The van der Waals surface area contributed by atoms with Crippen LogP contribution in [0.1, 0.15) is 12.8 Å². The van der Waals surface area contributed by atoms with Crippen LogP contribution in [0.15, 0.2) is 22.7 Å². The SMILES string of the molecule is Clc1cc(Br)ccc1NCC1CCNCC1. The lowest BCUT2D eigenvalue weighted by Gasteiger charge is -2.23. The zero-order valence-electron chi connectivity index (χ0n) is 9.10. The molecule has 1 aliphatic heterocycles. The van der Waals surface area contributed by atoms with Gasteiger partial charge in [0.1, 0.15) is 0 Å². The molecule has 0 radical (unpaired) electrons. The van der Waals surface area contributed by atoms with Gasteiger partial charge in [0, 0.05) is 11.0 Å². The quantitative estimate of drug-likeness (QED) is 0.893. The minimum absolute atomic E-state index is 0.765. The van der Waals surface area contributed by atoms with E-state index in [1.165, 1.54) is 12.8 Å². The number of halogens is 2. The molecule has 16 heavy (non-hydrogen) atoms. The molecule has 0 aromatic heterocycles. The van der Waals surface area contributed by atoms with Gasteiger partial charge in [-0.1, -0.05) is 27.5 Å². The first-order valence-electron chi connectivity index (χ1n) is 5.65. The first kappa shape index (κ1) is 12.2. The Morgan fingerprint density at radius 1 is 1.38 bits per heavy atom. The highest BCUT2D eigenvalue weighted by Gasteiger charge is 2.12. The summed E-state index contributed by atoms with van der Waals surface area (Å²) in [6, 6.07) is 5.95. The van der Waals surface area contributed by atoms with Gasteiger partial charge in [-0.2, -0.15) is 0 Å². The Kier molecular flexibility index (Phi) is 4.50. The van der Waals surface area contributed by atoms with Crippen LogP contribution in [0.5, 0.6) is 0 Å². The Morgan fingerprint density at radius 2 is 2.12 bits per heavy atom. The van der Waals surface area contributed by atoms with E-state index < -0.39 is 0 Å². The van der Waals surface area contributed by atoms with E-state index in [4.69, 9.17) is 11.6 Å². The van der Waals surface area contributed by atoms with Crippen LogP contribution in [-0.2, 0) is 0 Å². The van der Waals surface area contributed by atoms with E-state index in [-0.39, 0.29) is 0 Å². The van der Waals surface area contributed by atoms with Crippen molar-refractivity contribution in [2.75, 3.05) is 25.0 Å². The normalized spacial score (nSPS) is 17.4. The monoisotopic (exact) mass is 302 g/mol. The number of nitrogens with one attached hydrogen (secondary N) is 2. The van der Waals surface area contributed by atoms with Crippen molar-refractivity contribution in [2.45, 2.75) is 12.8 Å². The molecule has 0 atom stereocenters. The molecule has 1 aromatic carbocycles. The zero-order valence-corrected chi connectivity index (χ0v) is 11.4. The van der Waals surface area contributed by atoms with E-state index in [0.29, 0.717) is 0 Å².